The average molecular weight is 617 g/mol. The highest BCUT2D eigenvalue weighted by atomic mass is 35.5. The maximum atomic E-state index is 14.1. The van der Waals surface area contributed by atoms with Crippen molar-refractivity contribution in [1.82, 2.24) is 10.2 Å². The van der Waals surface area contributed by atoms with Crippen LogP contribution in [-0.2, 0) is 26.2 Å². The van der Waals surface area contributed by atoms with Crippen LogP contribution in [0.2, 0.25) is 10.0 Å². The third kappa shape index (κ3) is 7.82. The fourth-order valence-electron chi connectivity index (χ4n) is 5.07. The largest absolute Gasteiger partial charge is 0.352 e. The minimum atomic E-state index is -4.16. The second-order valence-corrected chi connectivity index (χ2v) is 13.1. The number of halogens is 2. The van der Waals surface area contributed by atoms with Gasteiger partial charge in [0.1, 0.15) is 12.6 Å². The van der Waals surface area contributed by atoms with Crippen LogP contribution in [0.25, 0.3) is 0 Å². The number of carbonyl (C=O) groups is 2. The Labute approximate surface area is 252 Å². The smallest absolute Gasteiger partial charge is 0.264 e. The molecule has 1 N–H and O–H groups in total. The van der Waals surface area contributed by atoms with Crippen LogP contribution in [0.4, 0.5) is 5.69 Å². The van der Waals surface area contributed by atoms with Crippen LogP contribution < -0.4 is 9.62 Å². The molecule has 3 aromatic rings. The molecule has 0 aromatic heterocycles. The maximum Gasteiger partial charge on any atom is 0.264 e. The molecule has 4 rings (SSSR count). The van der Waals surface area contributed by atoms with E-state index in [0.717, 1.165) is 41.1 Å². The van der Waals surface area contributed by atoms with Gasteiger partial charge in [0.25, 0.3) is 10.0 Å². The summed E-state index contributed by atoms with van der Waals surface area (Å²) < 4.78 is 28.9. The number of nitrogens with zero attached hydrogens (tertiary/aromatic N) is 2. The Kier molecular flexibility index (Phi) is 10.3. The molecule has 218 valence electrons. The normalized spacial score (nSPS) is 14.4. The van der Waals surface area contributed by atoms with E-state index in [-0.39, 0.29) is 29.1 Å². The summed E-state index contributed by atoms with van der Waals surface area (Å²) in [6, 6.07) is 19.1. The third-order valence-electron chi connectivity index (χ3n) is 7.34. The first kappa shape index (κ1) is 30.9. The number of benzene rings is 3. The summed E-state index contributed by atoms with van der Waals surface area (Å²) in [5.74, 6) is -0.749. The van der Waals surface area contributed by atoms with Gasteiger partial charge in [-0.3, -0.25) is 13.9 Å². The fourth-order valence-corrected chi connectivity index (χ4v) is 6.79. The molecule has 0 bridgehead atoms. The molecule has 2 amide bonds. The molecular formula is C31H35Cl2N3O4S. The summed E-state index contributed by atoms with van der Waals surface area (Å²) >= 11 is 12.3. The predicted octanol–water partition coefficient (Wildman–Crippen LogP) is 6.36. The van der Waals surface area contributed by atoms with Gasteiger partial charge in [0.05, 0.1) is 10.6 Å². The highest BCUT2D eigenvalue weighted by molar-refractivity contribution is 7.92. The summed E-state index contributed by atoms with van der Waals surface area (Å²) in [5.41, 5.74) is 1.93. The monoisotopic (exact) mass is 615 g/mol. The average Bonchev–Trinajstić information content (AvgIpc) is 3.45. The minimum Gasteiger partial charge on any atom is -0.352 e. The SMILES string of the molecule is CC[C@@H](C(=O)NC1CCCC1)N(Cc1ccc(Cl)cc1)C(=O)CN(c1cccc(Cl)c1)S(=O)(=O)c1ccc(C)cc1. The Hall–Kier alpha value is -3.07. The van der Waals surface area contributed by atoms with E-state index in [1.807, 2.05) is 13.8 Å². The first-order chi connectivity index (χ1) is 19.6. The van der Waals surface area contributed by atoms with Crippen LogP contribution in [-0.4, -0.2) is 43.8 Å². The van der Waals surface area contributed by atoms with Crippen LogP contribution >= 0.6 is 23.2 Å². The van der Waals surface area contributed by atoms with E-state index in [1.165, 1.54) is 23.1 Å². The molecule has 0 heterocycles. The van der Waals surface area contributed by atoms with Gasteiger partial charge in [0.2, 0.25) is 11.8 Å². The van der Waals surface area contributed by atoms with Gasteiger partial charge in [-0.1, -0.05) is 78.9 Å². The lowest BCUT2D eigenvalue weighted by atomic mass is 10.1. The number of nitrogens with one attached hydrogen (secondary N) is 1. The summed E-state index contributed by atoms with van der Waals surface area (Å²) in [5, 5.41) is 3.99. The highest BCUT2D eigenvalue weighted by Gasteiger charge is 2.34. The van der Waals surface area contributed by atoms with Gasteiger partial charge in [-0.15, -0.1) is 0 Å². The molecule has 0 radical (unpaired) electrons. The van der Waals surface area contributed by atoms with Gasteiger partial charge in [0, 0.05) is 22.6 Å². The van der Waals surface area contributed by atoms with E-state index in [0.29, 0.717) is 16.5 Å². The third-order valence-corrected chi connectivity index (χ3v) is 9.61. The lowest BCUT2D eigenvalue weighted by molar-refractivity contribution is -0.140. The van der Waals surface area contributed by atoms with Gasteiger partial charge in [-0.2, -0.15) is 0 Å². The summed E-state index contributed by atoms with van der Waals surface area (Å²) in [4.78, 5) is 29.1. The van der Waals surface area contributed by atoms with Gasteiger partial charge < -0.3 is 10.2 Å². The molecule has 0 saturated heterocycles. The number of aryl methyl sites for hydroxylation is 1. The van der Waals surface area contributed by atoms with Crippen molar-refractivity contribution in [2.24, 2.45) is 0 Å². The molecule has 1 fully saturated rings. The van der Waals surface area contributed by atoms with Crippen molar-refractivity contribution >= 4 is 50.7 Å². The molecule has 7 nitrogen and oxygen atoms in total. The second kappa shape index (κ2) is 13.7. The number of anilines is 1. The second-order valence-electron chi connectivity index (χ2n) is 10.4. The number of sulfonamides is 1. The fraction of sp³-hybridized carbons (Fsp3) is 0.355. The number of amides is 2. The van der Waals surface area contributed by atoms with Gasteiger partial charge in [-0.25, -0.2) is 8.42 Å². The van der Waals surface area contributed by atoms with E-state index in [1.54, 1.807) is 54.6 Å². The standard InChI is InChI=1S/C31H35Cl2N3O4S/c1-3-29(31(38)34-26-8-4-5-9-26)35(20-23-13-15-24(32)16-14-23)30(37)21-36(27-10-6-7-25(33)19-27)41(39,40)28-17-11-22(2)12-18-28/h6-7,10-19,26,29H,3-5,8-9,20-21H2,1-2H3,(H,34,38)/t29-/m0/s1. The number of hydrogen-bond acceptors (Lipinski definition) is 4. The number of carbonyl (C=O) groups excluding carboxylic acids is 2. The molecule has 10 heteroatoms. The zero-order valence-corrected chi connectivity index (χ0v) is 25.6. The van der Waals surface area contributed by atoms with Crippen molar-refractivity contribution in [2.45, 2.75) is 69.5 Å². The highest BCUT2D eigenvalue weighted by Crippen LogP contribution is 2.27. The summed E-state index contributed by atoms with van der Waals surface area (Å²) in [6.07, 6.45) is 4.29. The topological polar surface area (TPSA) is 86.8 Å². The molecule has 1 aliphatic rings. The zero-order valence-electron chi connectivity index (χ0n) is 23.2. The van der Waals surface area contributed by atoms with E-state index in [2.05, 4.69) is 5.32 Å². The van der Waals surface area contributed by atoms with Gasteiger partial charge >= 0.3 is 0 Å². The first-order valence-electron chi connectivity index (χ1n) is 13.8. The summed E-state index contributed by atoms with van der Waals surface area (Å²) in [7, 11) is -4.16. The quantitative estimate of drug-likeness (QED) is 0.272. The number of hydrogen-bond donors (Lipinski definition) is 1. The first-order valence-corrected chi connectivity index (χ1v) is 16.0. The van der Waals surface area contributed by atoms with E-state index < -0.39 is 28.5 Å². The minimum absolute atomic E-state index is 0.0474. The van der Waals surface area contributed by atoms with Gasteiger partial charge in [-0.05, 0) is 74.2 Å². The Morgan fingerprint density at radius 3 is 2.22 bits per heavy atom. The maximum absolute atomic E-state index is 14.1. The Morgan fingerprint density at radius 1 is 0.951 bits per heavy atom. The van der Waals surface area contributed by atoms with Crippen molar-refractivity contribution in [3.8, 4) is 0 Å². The molecule has 0 aliphatic heterocycles. The van der Waals surface area contributed by atoms with Crippen LogP contribution in [0.1, 0.15) is 50.2 Å². The van der Waals surface area contributed by atoms with E-state index >= 15 is 0 Å². The van der Waals surface area contributed by atoms with Crippen molar-refractivity contribution in [1.29, 1.82) is 0 Å². The molecule has 1 aliphatic carbocycles. The molecular weight excluding hydrogens is 581 g/mol. The van der Waals surface area contributed by atoms with Crippen LogP contribution in [0.5, 0.6) is 0 Å². The lowest BCUT2D eigenvalue weighted by Gasteiger charge is -2.33. The Bertz CT molecular complexity index is 1460. The van der Waals surface area contributed by atoms with Crippen LogP contribution in [0.3, 0.4) is 0 Å². The molecule has 3 aromatic carbocycles. The Balaban J connectivity index is 1.71. The van der Waals surface area contributed by atoms with Crippen LogP contribution in [0, 0.1) is 6.92 Å². The summed E-state index contributed by atoms with van der Waals surface area (Å²) in [6.45, 7) is 3.31. The molecule has 1 atom stereocenters. The lowest BCUT2D eigenvalue weighted by Crippen LogP contribution is -2.53. The van der Waals surface area contributed by atoms with Crippen molar-refractivity contribution < 1.29 is 18.0 Å². The molecule has 41 heavy (non-hydrogen) atoms. The van der Waals surface area contributed by atoms with Gasteiger partial charge in [0.15, 0.2) is 0 Å². The zero-order chi connectivity index (χ0) is 29.6. The molecule has 0 unspecified atom stereocenters. The number of rotatable bonds is 11. The van der Waals surface area contributed by atoms with Crippen LogP contribution in [0.15, 0.2) is 77.7 Å². The van der Waals surface area contributed by atoms with Crippen molar-refractivity contribution in [3.05, 3.63) is 94.0 Å². The Morgan fingerprint density at radius 2 is 1.61 bits per heavy atom. The van der Waals surface area contributed by atoms with Crippen molar-refractivity contribution in [3.63, 3.8) is 0 Å². The van der Waals surface area contributed by atoms with Crippen molar-refractivity contribution in [2.75, 3.05) is 10.8 Å². The van der Waals surface area contributed by atoms with E-state index in [4.69, 9.17) is 23.2 Å². The molecule has 1 saturated carbocycles. The predicted molar refractivity (Wildman–Crippen MR) is 164 cm³/mol. The van der Waals surface area contributed by atoms with E-state index in [9.17, 15) is 18.0 Å². The molecule has 0 spiro atoms.